The summed E-state index contributed by atoms with van der Waals surface area (Å²) in [6.45, 7) is 1.38. The lowest BCUT2D eigenvalue weighted by molar-refractivity contribution is -0.137. The van der Waals surface area contributed by atoms with E-state index in [1.165, 1.54) is 12.1 Å². The van der Waals surface area contributed by atoms with Gasteiger partial charge in [-0.1, -0.05) is 12.1 Å². The van der Waals surface area contributed by atoms with Crippen LogP contribution in [0.1, 0.15) is 23.7 Å². The molecular weight excluding hydrogens is 245 g/mol. The maximum Gasteiger partial charge on any atom is 0.416 e. The number of benzene rings is 1. The van der Waals surface area contributed by atoms with Gasteiger partial charge in [0.25, 0.3) is 0 Å². The van der Waals surface area contributed by atoms with E-state index in [0.29, 0.717) is 13.1 Å². The van der Waals surface area contributed by atoms with Crippen LogP contribution >= 0.6 is 0 Å². The minimum atomic E-state index is -4.39. The van der Waals surface area contributed by atoms with Crippen LogP contribution < -0.4 is 11.1 Å². The van der Waals surface area contributed by atoms with Crippen molar-refractivity contribution in [3.63, 3.8) is 0 Å². The topological polar surface area (TPSA) is 58.3 Å². The van der Waals surface area contributed by atoms with E-state index in [0.717, 1.165) is 18.6 Å². The van der Waals surface area contributed by atoms with Gasteiger partial charge in [0.15, 0.2) is 0 Å². The number of aliphatic hydroxyl groups is 1. The highest BCUT2D eigenvalue weighted by atomic mass is 19.4. The lowest BCUT2D eigenvalue weighted by Crippen LogP contribution is -2.24. The van der Waals surface area contributed by atoms with E-state index in [1.807, 2.05) is 0 Å². The molecule has 0 aliphatic heterocycles. The number of hydrogen-bond acceptors (Lipinski definition) is 3. The monoisotopic (exact) mass is 262 g/mol. The van der Waals surface area contributed by atoms with Crippen LogP contribution in [0.25, 0.3) is 0 Å². The first-order valence-corrected chi connectivity index (χ1v) is 5.71. The van der Waals surface area contributed by atoms with Crippen LogP contribution in [0.5, 0.6) is 0 Å². The van der Waals surface area contributed by atoms with E-state index in [-0.39, 0.29) is 12.1 Å². The van der Waals surface area contributed by atoms with Crippen molar-refractivity contribution in [2.45, 2.75) is 18.7 Å². The largest absolute Gasteiger partial charge is 0.416 e. The Morgan fingerprint density at radius 2 is 2.06 bits per heavy atom. The van der Waals surface area contributed by atoms with Gasteiger partial charge in [-0.2, -0.15) is 13.2 Å². The quantitative estimate of drug-likeness (QED) is 0.684. The summed E-state index contributed by atoms with van der Waals surface area (Å²) in [5, 5.41) is 12.7. The first kappa shape index (κ1) is 14.9. The third-order valence-electron chi connectivity index (χ3n) is 2.49. The fourth-order valence-electron chi connectivity index (χ4n) is 1.51. The summed E-state index contributed by atoms with van der Waals surface area (Å²) in [7, 11) is 0. The molecule has 1 atom stereocenters. The standard InChI is InChI=1S/C12H17F3N2O/c13-12(14,15)10-4-1-3-9(7-10)11(18)8-17-6-2-5-16/h1,3-4,7,11,17-18H,2,5-6,8,16H2. The molecule has 0 aliphatic carbocycles. The SMILES string of the molecule is NCCCNCC(O)c1cccc(C(F)(F)F)c1. The van der Waals surface area contributed by atoms with Crippen LogP contribution in [0, 0.1) is 0 Å². The van der Waals surface area contributed by atoms with Crippen molar-refractivity contribution in [2.24, 2.45) is 5.73 Å². The summed E-state index contributed by atoms with van der Waals surface area (Å²) in [6.07, 6.45) is -4.58. The summed E-state index contributed by atoms with van der Waals surface area (Å²) in [6, 6.07) is 4.72. The molecule has 0 heterocycles. The molecular formula is C12H17F3N2O. The Morgan fingerprint density at radius 3 is 2.67 bits per heavy atom. The van der Waals surface area contributed by atoms with Gasteiger partial charge in [-0.3, -0.25) is 0 Å². The highest BCUT2D eigenvalue weighted by Crippen LogP contribution is 2.30. The highest BCUT2D eigenvalue weighted by molar-refractivity contribution is 5.27. The molecule has 18 heavy (non-hydrogen) atoms. The molecule has 0 radical (unpaired) electrons. The molecule has 3 nitrogen and oxygen atoms in total. The molecule has 0 aliphatic rings. The van der Waals surface area contributed by atoms with Crippen LogP contribution in [0.3, 0.4) is 0 Å². The second-order valence-corrected chi connectivity index (χ2v) is 3.99. The number of alkyl halides is 3. The Bertz CT molecular complexity index is 369. The molecule has 1 unspecified atom stereocenters. The molecule has 0 saturated carbocycles. The fourth-order valence-corrected chi connectivity index (χ4v) is 1.51. The third-order valence-corrected chi connectivity index (χ3v) is 2.49. The summed E-state index contributed by atoms with van der Waals surface area (Å²) >= 11 is 0. The average molecular weight is 262 g/mol. The van der Waals surface area contributed by atoms with Crippen molar-refractivity contribution in [1.82, 2.24) is 5.32 Å². The van der Waals surface area contributed by atoms with Gasteiger partial charge in [0.05, 0.1) is 11.7 Å². The Balaban J connectivity index is 2.60. The number of hydrogen-bond donors (Lipinski definition) is 3. The molecule has 0 aromatic heterocycles. The molecule has 0 fully saturated rings. The smallest absolute Gasteiger partial charge is 0.387 e. The highest BCUT2D eigenvalue weighted by Gasteiger charge is 2.30. The molecule has 1 aromatic rings. The van der Waals surface area contributed by atoms with Gasteiger partial charge in [0.1, 0.15) is 0 Å². The fraction of sp³-hybridized carbons (Fsp3) is 0.500. The van der Waals surface area contributed by atoms with Crippen LogP contribution in [0.15, 0.2) is 24.3 Å². The van der Waals surface area contributed by atoms with Crippen LogP contribution in [-0.2, 0) is 6.18 Å². The van der Waals surface area contributed by atoms with Gasteiger partial charge in [-0.15, -0.1) is 0 Å². The lowest BCUT2D eigenvalue weighted by Gasteiger charge is -2.14. The maximum atomic E-state index is 12.5. The maximum absolute atomic E-state index is 12.5. The van der Waals surface area contributed by atoms with Crippen molar-refractivity contribution >= 4 is 0 Å². The zero-order valence-corrected chi connectivity index (χ0v) is 9.87. The van der Waals surface area contributed by atoms with Gasteiger partial charge >= 0.3 is 6.18 Å². The molecule has 4 N–H and O–H groups in total. The summed E-state index contributed by atoms with van der Waals surface area (Å²) in [5.41, 5.74) is 4.80. The molecule has 1 aromatic carbocycles. The number of nitrogens with two attached hydrogens (primary N) is 1. The first-order valence-electron chi connectivity index (χ1n) is 5.71. The van der Waals surface area contributed by atoms with Crippen LogP contribution in [-0.4, -0.2) is 24.7 Å². The van der Waals surface area contributed by atoms with Gasteiger partial charge in [-0.25, -0.2) is 0 Å². The van der Waals surface area contributed by atoms with E-state index < -0.39 is 17.8 Å². The van der Waals surface area contributed by atoms with Gasteiger partial charge < -0.3 is 16.2 Å². The van der Waals surface area contributed by atoms with Gasteiger partial charge in [-0.05, 0) is 37.2 Å². The van der Waals surface area contributed by atoms with E-state index in [9.17, 15) is 18.3 Å². The third kappa shape index (κ3) is 4.64. The van der Waals surface area contributed by atoms with E-state index in [4.69, 9.17) is 5.73 Å². The second kappa shape index (κ2) is 6.72. The Morgan fingerprint density at radius 1 is 1.33 bits per heavy atom. The Kier molecular flexibility index (Phi) is 5.58. The van der Waals surface area contributed by atoms with Crippen LogP contribution in [0.4, 0.5) is 13.2 Å². The second-order valence-electron chi connectivity index (χ2n) is 3.99. The average Bonchev–Trinajstić information content (AvgIpc) is 2.33. The summed E-state index contributed by atoms with van der Waals surface area (Å²) in [5.74, 6) is 0. The van der Waals surface area contributed by atoms with E-state index >= 15 is 0 Å². The number of rotatable bonds is 6. The van der Waals surface area contributed by atoms with Crippen molar-refractivity contribution in [2.75, 3.05) is 19.6 Å². The number of aliphatic hydroxyl groups excluding tert-OH is 1. The molecule has 0 bridgehead atoms. The normalized spacial score (nSPS) is 13.6. The Hall–Kier alpha value is -1.11. The summed E-state index contributed by atoms with van der Waals surface area (Å²) in [4.78, 5) is 0. The number of halogens is 3. The minimum Gasteiger partial charge on any atom is -0.387 e. The van der Waals surface area contributed by atoms with Gasteiger partial charge in [0, 0.05) is 6.54 Å². The summed E-state index contributed by atoms with van der Waals surface area (Å²) < 4.78 is 37.4. The van der Waals surface area contributed by atoms with E-state index in [1.54, 1.807) is 0 Å². The van der Waals surface area contributed by atoms with Crippen molar-refractivity contribution in [1.29, 1.82) is 0 Å². The van der Waals surface area contributed by atoms with Gasteiger partial charge in [0.2, 0.25) is 0 Å². The zero-order valence-electron chi connectivity index (χ0n) is 9.87. The number of nitrogens with one attached hydrogen (secondary N) is 1. The predicted octanol–water partition coefficient (Wildman–Crippen LogP) is 1.68. The molecule has 0 amide bonds. The van der Waals surface area contributed by atoms with Crippen molar-refractivity contribution < 1.29 is 18.3 Å². The molecule has 0 spiro atoms. The molecule has 0 saturated heterocycles. The predicted molar refractivity (Wildman–Crippen MR) is 62.9 cm³/mol. The molecule has 102 valence electrons. The Labute approximate surface area is 104 Å². The van der Waals surface area contributed by atoms with Crippen molar-refractivity contribution in [3.8, 4) is 0 Å². The molecule has 1 rings (SSSR count). The van der Waals surface area contributed by atoms with Crippen LogP contribution in [0.2, 0.25) is 0 Å². The van der Waals surface area contributed by atoms with E-state index in [2.05, 4.69) is 5.32 Å². The minimum absolute atomic E-state index is 0.210. The molecule has 6 heteroatoms. The van der Waals surface area contributed by atoms with Crippen molar-refractivity contribution in [3.05, 3.63) is 35.4 Å². The zero-order chi connectivity index (χ0) is 13.6. The lowest BCUT2D eigenvalue weighted by atomic mass is 10.1. The first-order chi connectivity index (χ1) is 8.45.